The summed E-state index contributed by atoms with van der Waals surface area (Å²) in [5.41, 5.74) is 2.11. The molecule has 3 aromatic rings. The molecule has 0 aliphatic carbocycles. The van der Waals surface area contributed by atoms with Gasteiger partial charge in [0.1, 0.15) is 0 Å². The highest BCUT2D eigenvalue weighted by molar-refractivity contribution is 8.02. The lowest BCUT2D eigenvalue weighted by molar-refractivity contribution is -0.121. The standard InChI is InChI=1S/C19H20N2OS2/c1-3-16(18(22)20-13(2)14-9-5-4-6-10-14)23-19-21-15-11-7-8-12-17(15)24-19/h4-13,16H,3H2,1-2H3,(H,20,22). The van der Waals surface area contributed by atoms with E-state index in [1.54, 1.807) is 23.1 Å². The number of nitrogens with one attached hydrogen (secondary N) is 1. The van der Waals surface area contributed by atoms with Gasteiger partial charge >= 0.3 is 0 Å². The number of benzene rings is 2. The van der Waals surface area contributed by atoms with E-state index in [2.05, 4.69) is 16.4 Å². The third-order valence-corrected chi connectivity index (χ3v) is 6.33. The number of aromatic nitrogens is 1. The number of carbonyl (C=O) groups excluding carboxylic acids is 1. The van der Waals surface area contributed by atoms with Gasteiger partial charge in [-0.05, 0) is 31.0 Å². The number of amides is 1. The maximum absolute atomic E-state index is 12.6. The van der Waals surface area contributed by atoms with Gasteiger partial charge in [0.05, 0.1) is 21.5 Å². The lowest BCUT2D eigenvalue weighted by Crippen LogP contribution is -2.34. The molecule has 1 N–H and O–H groups in total. The van der Waals surface area contributed by atoms with Crippen LogP contribution in [-0.2, 0) is 4.79 Å². The van der Waals surface area contributed by atoms with Crippen molar-refractivity contribution in [3.63, 3.8) is 0 Å². The van der Waals surface area contributed by atoms with Gasteiger partial charge < -0.3 is 5.32 Å². The van der Waals surface area contributed by atoms with Crippen LogP contribution >= 0.6 is 23.1 Å². The Labute approximate surface area is 150 Å². The average Bonchev–Trinajstić information content (AvgIpc) is 3.02. The second-order valence-electron chi connectivity index (χ2n) is 5.60. The quantitative estimate of drug-likeness (QED) is 0.629. The largest absolute Gasteiger partial charge is 0.349 e. The summed E-state index contributed by atoms with van der Waals surface area (Å²) in [5.74, 6) is 0.0677. The lowest BCUT2D eigenvalue weighted by atomic mass is 10.1. The van der Waals surface area contributed by atoms with Crippen molar-refractivity contribution in [1.29, 1.82) is 0 Å². The minimum atomic E-state index is -0.128. The molecule has 0 aliphatic heterocycles. The van der Waals surface area contributed by atoms with E-state index in [9.17, 15) is 4.79 Å². The van der Waals surface area contributed by atoms with Crippen LogP contribution in [0, 0.1) is 0 Å². The van der Waals surface area contributed by atoms with Gasteiger partial charge in [0, 0.05) is 0 Å². The highest BCUT2D eigenvalue weighted by Gasteiger charge is 2.21. The van der Waals surface area contributed by atoms with E-state index in [4.69, 9.17) is 0 Å². The van der Waals surface area contributed by atoms with Gasteiger partial charge in [0.15, 0.2) is 4.34 Å². The first-order valence-electron chi connectivity index (χ1n) is 8.05. The molecule has 5 heteroatoms. The van der Waals surface area contributed by atoms with Crippen LogP contribution in [0.25, 0.3) is 10.2 Å². The molecule has 3 nitrogen and oxygen atoms in total. The SMILES string of the molecule is CCC(Sc1nc2ccccc2s1)C(=O)NC(C)c1ccccc1. The van der Waals surface area contributed by atoms with Crippen LogP contribution in [-0.4, -0.2) is 16.1 Å². The average molecular weight is 357 g/mol. The van der Waals surface area contributed by atoms with Gasteiger partial charge in [0.2, 0.25) is 5.91 Å². The molecule has 2 aromatic carbocycles. The second kappa shape index (κ2) is 7.81. The third kappa shape index (κ3) is 3.97. The molecule has 0 spiro atoms. The van der Waals surface area contributed by atoms with Crippen molar-refractivity contribution in [2.24, 2.45) is 0 Å². The molecule has 1 amide bonds. The summed E-state index contributed by atoms with van der Waals surface area (Å²) in [6.45, 7) is 4.06. The Bertz CT molecular complexity index is 783. The zero-order valence-electron chi connectivity index (χ0n) is 13.7. The predicted molar refractivity (Wildman–Crippen MR) is 103 cm³/mol. The molecule has 3 rings (SSSR count). The number of hydrogen-bond donors (Lipinski definition) is 1. The van der Waals surface area contributed by atoms with Crippen LogP contribution in [0.15, 0.2) is 58.9 Å². The number of thioether (sulfide) groups is 1. The topological polar surface area (TPSA) is 42.0 Å². The minimum Gasteiger partial charge on any atom is -0.349 e. The van der Waals surface area contributed by atoms with E-state index >= 15 is 0 Å². The Morgan fingerprint density at radius 1 is 1.17 bits per heavy atom. The summed E-state index contributed by atoms with van der Waals surface area (Å²) in [4.78, 5) is 17.2. The molecule has 0 radical (unpaired) electrons. The number of rotatable bonds is 6. The number of nitrogens with zero attached hydrogens (tertiary/aromatic N) is 1. The van der Waals surface area contributed by atoms with Gasteiger partial charge in [-0.25, -0.2) is 4.98 Å². The monoisotopic (exact) mass is 356 g/mol. The van der Waals surface area contributed by atoms with Crippen LogP contribution < -0.4 is 5.32 Å². The molecule has 0 bridgehead atoms. The third-order valence-electron chi connectivity index (χ3n) is 3.84. The molecule has 2 atom stereocenters. The summed E-state index contributed by atoms with van der Waals surface area (Å²) in [6, 6.07) is 18.1. The molecule has 1 aromatic heterocycles. The normalized spacial score (nSPS) is 13.6. The van der Waals surface area contributed by atoms with E-state index in [0.29, 0.717) is 0 Å². The maximum atomic E-state index is 12.6. The highest BCUT2D eigenvalue weighted by atomic mass is 32.2. The fourth-order valence-electron chi connectivity index (χ4n) is 2.48. The molecule has 0 fully saturated rings. The molecule has 124 valence electrons. The van der Waals surface area contributed by atoms with Crippen LogP contribution in [0.2, 0.25) is 0 Å². The van der Waals surface area contributed by atoms with Crippen LogP contribution in [0.3, 0.4) is 0 Å². The highest BCUT2D eigenvalue weighted by Crippen LogP contribution is 2.33. The van der Waals surface area contributed by atoms with Crippen molar-refractivity contribution >= 4 is 39.2 Å². The summed E-state index contributed by atoms with van der Waals surface area (Å²) in [6.07, 6.45) is 0.772. The van der Waals surface area contributed by atoms with E-state index in [1.807, 2.05) is 62.4 Å². The molecular weight excluding hydrogens is 336 g/mol. The van der Waals surface area contributed by atoms with Crippen molar-refractivity contribution in [2.45, 2.75) is 35.9 Å². The number of carbonyl (C=O) groups is 1. The summed E-state index contributed by atoms with van der Waals surface area (Å²) in [5, 5.41) is 2.99. The zero-order valence-corrected chi connectivity index (χ0v) is 15.4. The summed E-state index contributed by atoms with van der Waals surface area (Å²) in [7, 11) is 0. The molecule has 1 heterocycles. The zero-order chi connectivity index (χ0) is 16.9. The first kappa shape index (κ1) is 17.0. The van der Waals surface area contributed by atoms with E-state index in [-0.39, 0.29) is 17.2 Å². The number of para-hydroxylation sites is 1. The van der Waals surface area contributed by atoms with E-state index < -0.39 is 0 Å². The number of fused-ring (bicyclic) bond motifs is 1. The fourth-order valence-corrected chi connectivity index (χ4v) is 4.72. The maximum Gasteiger partial charge on any atom is 0.234 e. The van der Waals surface area contributed by atoms with Gasteiger partial charge in [-0.15, -0.1) is 11.3 Å². The first-order valence-corrected chi connectivity index (χ1v) is 9.74. The van der Waals surface area contributed by atoms with Gasteiger partial charge in [-0.3, -0.25) is 4.79 Å². The summed E-state index contributed by atoms with van der Waals surface area (Å²) < 4.78 is 2.11. The summed E-state index contributed by atoms with van der Waals surface area (Å²) >= 11 is 3.20. The van der Waals surface area contributed by atoms with Crippen LogP contribution in [0.1, 0.15) is 31.9 Å². The van der Waals surface area contributed by atoms with Crippen molar-refractivity contribution < 1.29 is 4.79 Å². The van der Waals surface area contributed by atoms with Crippen LogP contribution in [0.4, 0.5) is 0 Å². The number of hydrogen-bond acceptors (Lipinski definition) is 4. The molecule has 0 saturated heterocycles. The Morgan fingerprint density at radius 2 is 1.88 bits per heavy atom. The fraction of sp³-hybridized carbons (Fsp3) is 0.263. The molecule has 2 unspecified atom stereocenters. The minimum absolute atomic E-state index is 0.00344. The molecule has 0 saturated carbocycles. The van der Waals surface area contributed by atoms with Crippen molar-refractivity contribution in [3.05, 3.63) is 60.2 Å². The van der Waals surface area contributed by atoms with Gasteiger partial charge in [-0.1, -0.05) is 61.2 Å². The van der Waals surface area contributed by atoms with Crippen LogP contribution in [0.5, 0.6) is 0 Å². The predicted octanol–water partition coefficient (Wildman–Crippen LogP) is 5.04. The first-order chi connectivity index (χ1) is 11.7. The van der Waals surface area contributed by atoms with Crippen molar-refractivity contribution in [2.75, 3.05) is 0 Å². The Kier molecular flexibility index (Phi) is 5.53. The lowest BCUT2D eigenvalue weighted by Gasteiger charge is -2.18. The van der Waals surface area contributed by atoms with E-state index in [1.165, 1.54) is 0 Å². The Morgan fingerprint density at radius 3 is 2.58 bits per heavy atom. The van der Waals surface area contributed by atoms with Gasteiger partial charge in [-0.2, -0.15) is 0 Å². The smallest absolute Gasteiger partial charge is 0.234 e. The Hall–Kier alpha value is -1.85. The van der Waals surface area contributed by atoms with E-state index in [0.717, 1.165) is 26.5 Å². The molecule has 0 aliphatic rings. The molecular formula is C19H20N2OS2. The van der Waals surface area contributed by atoms with Gasteiger partial charge in [0.25, 0.3) is 0 Å². The second-order valence-corrected chi connectivity index (χ2v) is 8.08. The number of thiazole rings is 1. The molecule has 24 heavy (non-hydrogen) atoms. The Balaban J connectivity index is 1.67. The van der Waals surface area contributed by atoms with Crippen molar-refractivity contribution in [3.8, 4) is 0 Å². The van der Waals surface area contributed by atoms with Crippen molar-refractivity contribution in [1.82, 2.24) is 10.3 Å².